The van der Waals surface area contributed by atoms with Crippen molar-refractivity contribution in [2.45, 2.75) is 34.1 Å². The highest BCUT2D eigenvalue weighted by molar-refractivity contribution is 6.09. The van der Waals surface area contributed by atoms with E-state index in [9.17, 15) is 14.0 Å². The van der Waals surface area contributed by atoms with Crippen molar-refractivity contribution >= 4 is 11.8 Å². The van der Waals surface area contributed by atoms with Crippen LogP contribution in [0.1, 0.15) is 44.3 Å². The van der Waals surface area contributed by atoms with Gasteiger partial charge in [-0.15, -0.1) is 0 Å². The molecule has 2 heterocycles. The summed E-state index contributed by atoms with van der Waals surface area (Å²) in [5.41, 5.74) is 4.65. The third kappa shape index (κ3) is 4.91. The molecule has 0 spiro atoms. The third-order valence-electron chi connectivity index (χ3n) is 5.38. The highest BCUT2D eigenvalue weighted by atomic mass is 19.1. The molecule has 0 unspecified atom stereocenters. The van der Waals surface area contributed by atoms with Gasteiger partial charge >= 0.3 is 5.97 Å². The van der Waals surface area contributed by atoms with Gasteiger partial charge in [-0.2, -0.15) is 5.10 Å². The summed E-state index contributed by atoms with van der Waals surface area (Å²) >= 11 is 0. The van der Waals surface area contributed by atoms with E-state index in [1.54, 1.807) is 28.9 Å². The summed E-state index contributed by atoms with van der Waals surface area (Å²) < 4.78 is 20.2. The first-order valence-corrected chi connectivity index (χ1v) is 10.7. The summed E-state index contributed by atoms with van der Waals surface area (Å²) in [6.07, 6.45) is 0.0265. The molecule has 0 aliphatic heterocycles. The van der Waals surface area contributed by atoms with Gasteiger partial charge in [0.25, 0.3) is 5.95 Å². The quantitative estimate of drug-likeness (QED) is 0.242. The van der Waals surface area contributed by atoms with Gasteiger partial charge in [0.1, 0.15) is 11.6 Å². The number of benzene rings is 2. The number of rotatable bonds is 6. The second kappa shape index (κ2) is 9.35. The molecule has 172 valence electrons. The van der Waals surface area contributed by atoms with Crippen LogP contribution in [0.2, 0.25) is 0 Å². The number of ether oxygens (including phenoxy) is 1. The number of aromatic nitrogens is 4. The van der Waals surface area contributed by atoms with Crippen molar-refractivity contribution in [1.82, 2.24) is 19.7 Å². The maximum absolute atomic E-state index is 13.1. The lowest BCUT2D eigenvalue weighted by Crippen LogP contribution is -2.13. The fraction of sp³-hybridized carbons (Fsp3) is 0.192. The molecule has 0 amide bonds. The van der Waals surface area contributed by atoms with Gasteiger partial charge < -0.3 is 4.74 Å². The Labute approximate surface area is 196 Å². The molecular weight excluding hydrogens is 435 g/mol. The Kier molecular flexibility index (Phi) is 6.32. The molecule has 2 aromatic carbocycles. The van der Waals surface area contributed by atoms with Crippen molar-refractivity contribution in [2.75, 3.05) is 0 Å². The second-order valence-electron chi connectivity index (χ2n) is 8.02. The lowest BCUT2D eigenvalue weighted by Gasteiger charge is -2.07. The van der Waals surface area contributed by atoms with Crippen LogP contribution in [0.3, 0.4) is 0 Å². The molecule has 0 aliphatic rings. The largest absolute Gasteiger partial charge is 0.426 e. The number of esters is 1. The summed E-state index contributed by atoms with van der Waals surface area (Å²) in [6, 6.07) is 13.5. The van der Waals surface area contributed by atoms with Crippen molar-refractivity contribution in [3.05, 3.63) is 99.9 Å². The van der Waals surface area contributed by atoms with Gasteiger partial charge in [0.15, 0.2) is 5.78 Å². The summed E-state index contributed by atoms with van der Waals surface area (Å²) in [7, 11) is 0. The Balaban J connectivity index is 1.46. The highest BCUT2D eigenvalue weighted by Crippen LogP contribution is 2.20. The number of halogens is 1. The molecule has 8 heteroatoms. The zero-order valence-corrected chi connectivity index (χ0v) is 19.3. The van der Waals surface area contributed by atoms with Crippen LogP contribution in [-0.2, 0) is 11.2 Å². The zero-order chi connectivity index (χ0) is 24.4. The molecule has 0 radical (unpaired) electrons. The van der Waals surface area contributed by atoms with E-state index in [2.05, 4.69) is 15.1 Å². The Morgan fingerprint density at radius 2 is 1.44 bits per heavy atom. The van der Waals surface area contributed by atoms with Crippen molar-refractivity contribution < 1.29 is 18.7 Å². The van der Waals surface area contributed by atoms with Crippen molar-refractivity contribution in [3.63, 3.8) is 0 Å². The van der Waals surface area contributed by atoms with E-state index in [4.69, 9.17) is 4.74 Å². The molecule has 0 bridgehead atoms. The van der Waals surface area contributed by atoms with Crippen LogP contribution in [0.5, 0.6) is 5.75 Å². The molecule has 7 nitrogen and oxygen atoms in total. The number of hydrogen-bond donors (Lipinski definition) is 0. The van der Waals surface area contributed by atoms with Crippen LogP contribution in [0, 0.1) is 33.5 Å². The summed E-state index contributed by atoms with van der Waals surface area (Å²) in [5.74, 6) is -0.327. The molecule has 0 atom stereocenters. The molecule has 0 saturated carbocycles. The fourth-order valence-electron chi connectivity index (χ4n) is 3.68. The number of aryl methyl sites for hydroxylation is 3. The normalized spacial score (nSPS) is 10.9. The molecular formula is C26H23FN4O3. The Morgan fingerprint density at radius 3 is 2.03 bits per heavy atom. The standard InChI is InChI=1S/C26H23FN4O3/c1-15-13-16(2)29-26(28-15)31-18(4)23(17(3)30-31)14-24(32)34-22-11-7-20(8-12-22)25(33)19-5-9-21(27)10-6-19/h5-13H,14H2,1-4H3. The minimum atomic E-state index is -0.454. The van der Waals surface area contributed by atoms with E-state index in [0.717, 1.165) is 22.6 Å². The molecule has 0 fully saturated rings. The van der Waals surface area contributed by atoms with E-state index in [0.29, 0.717) is 28.5 Å². The molecule has 2 aromatic heterocycles. The number of ketones is 1. The second-order valence-corrected chi connectivity index (χ2v) is 8.02. The van der Waals surface area contributed by atoms with Crippen molar-refractivity contribution in [1.29, 1.82) is 0 Å². The molecule has 0 aliphatic carbocycles. The highest BCUT2D eigenvalue weighted by Gasteiger charge is 2.19. The lowest BCUT2D eigenvalue weighted by molar-refractivity contribution is -0.133. The molecule has 4 rings (SSSR count). The first kappa shape index (κ1) is 23.0. The van der Waals surface area contributed by atoms with E-state index >= 15 is 0 Å². The summed E-state index contributed by atoms with van der Waals surface area (Å²) in [5, 5.41) is 4.51. The first-order valence-electron chi connectivity index (χ1n) is 10.7. The van der Waals surface area contributed by atoms with Gasteiger partial charge in [0.05, 0.1) is 12.1 Å². The van der Waals surface area contributed by atoms with Gasteiger partial charge in [-0.3, -0.25) is 9.59 Å². The van der Waals surface area contributed by atoms with Gasteiger partial charge in [0.2, 0.25) is 0 Å². The first-order chi connectivity index (χ1) is 16.2. The molecule has 0 N–H and O–H groups in total. The predicted octanol–water partition coefficient (Wildman–Crippen LogP) is 4.41. The Hall–Kier alpha value is -4.20. The maximum Gasteiger partial charge on any atom is 0.315 e. The number of hydrogen-bond acceptors (Lipinski definition) is 6. The van der Waals surface area contributed by atoms with Gasteiger partial charge in [-0.1, -0.05) is 0 Å². The Bertz CT molecular complexity index is 1360. The number of carbonyl (C=O) groups is 2. The summed E-state index contributed by atoms with van der Waals surface area (Å²) in [4.78, 5) is 34.0. The number of carbonyl (C=O) groups excluding carboxylic acids is 2. The average Bonchev–Trinajstić information content (AvgIpc) is 3.07. The van der Waals surface area contributed by atoms with Crippen LogP contribution < -0.4 is 4.74 Å². The Morgan fingerprint density at radius 1 is 0.882 bits per heavy atom. The van der Waals surface area contributed by atoms with Crippen LogP contribution >= 0.6 is 0 Å². The van der Waals surface area contributed by atoms with Gasteiger partial charge in [0, 0.05) is 33.8 Å². The molecule has 0 saturated heterocycles. The van der Waals surface area contributed by atoms with Crippen LogP contribution in [0.4, 0.5) is 4.39 Å². The molecule has 4 aromatic rings. The van der Waals surface area contributed by atoms with Crippen LogP contribution in [0.25, 0.3) is 5.95 Å². The predicted molar refractivity (Wildman–Crippen MR) is 124 cm³/mol. The van der Waals surface area contributed by atoms with Gasteiger partial charge in [-0.25, -0.2) is 19.0 Å². The molecule has 34 heavy (non-hydrogen) atoms. The maximum atomic E-state index is 13.1. The fourth-order valence-corrected chi connectivity index (χ4v) is 3.68. The third-order valence-corrected chi connectivity index (χ3v) is 5.38. The van der Waals surface area contributed by atoms with E-state index in [-0.39, 0.29) is 12.2 Å². The number of nitrogens with zero attached hydrogens (tertiary/aromatic N) is 4. The van der Waals surface area contributed by atoms with E-state index in [1.807, 2.05) is 33.8 Å². The topological polar surface area (TPSA) is 87.0 Å². The average molecular weight is 458 g/mol. The van der Waals surface area contributed by atoms with Crippen LogP contribution in [-0.4, -0.2) is 31.5 Å². The van der Waals surface area contributed by atoms with E-state index in [1.165, 1.54) is 24.3 Å². The zero-order valence-electron chi connectivity index (χ0n) is 19.3. The summed E-state index contributed by atoms with van der Waals surface area (Å²) in [6.45, 7) is 7.46. The minimum Gasteiger partial charge on any atom is -0.426 e. The van der Waals surface area contributed by atoms with E-state index < -0.39 is 11.8 Å². The van der Waals surface area contributed by atoms with Gasteiger partial charge in [-0.05, 0) is 82.3 Å². The van der Waals surface area contributed by atoms with Crippen molar-refractivity contribution in [3.8, 4) is 11.7 Å². The van der Waals surface area contributed by atoms with Crippen LogP contribution in [0.15, 0.2) is 54.6 Å². The minimum absolute atomic E-state index is 0.0265. The smallest absolute Gasteiger partial charge is 0.315 e. The van der Waals surface area contributed by atoms with Crippen molar-refractivity contribution in [2.24, 2.45) is 0 Å². The lowest BCUT2D eigenvalue weighted by atomic mass is 10.0. The SMILES string of the molecule is Cc1cc(C)nc(-n2nc(C)c(CC(=O)Oc3ccc(C(=O)c4ccc(F)cc4)cc3)c2C)n1. The monoisotopic (exact) mass is 458 g/mol.